The second-order valence-electron chi connectivity index (χ2n) is 6.55. The predicted molar refractivity (Wildman–Crippen MR) is 92.6 cm³/mol. The minimum Gasteiger partial charge on any atom is -0.313 e. The number of hydrogen-bond acceptors (Lipinski definition) is 3. The van der Waals surface area contributed by atoms with Gasteiger partial charge in [0.2, 0.25) is 0 Å². The van der Waals surface area contributed by atoms with Gasteiger partial charge in [0.15, 0.2) is 5.78 Å². The van der Waals surface area contributed by atoms with Crippen molar-refractivity contribution >= 4 is 29.3 Å². The minimum absolute atomic E-state index is 0.00284. The molecule has 0 atom stereocenters. The maximum absolute atomic E-state index is 12.0. The highest BCUT2D eigenvalue weighted by Gasteiger charge is 2.18. The van der Waals surface area contributed by atoms with E-state index in [0.29, 0.717) is 9.20 Å². The lowest BCUT2D eigenvalue weighted by Gasteiger charge is -2.12. The van der Waals surface area contributed by atoms with Crippen molar-refractivity contribution in [2.75, 3.05) is 0 Å². The van der Waals surface area contributed by atoms with Crippen LogP contribution in [0.4, 0.5) is 0 Å². The normalized spacial score (nSPS) is 13.7. The van der Waals surface area contributed by atoms with Crippen LogP contribution in [0.15, 0.2) is 23.0 Å². The van der Waals surface area contributed by atoms with Crippen molar-refractivity contribution in [1.29, 1.82) is 0 Å². The van der Waals surface area contributed by atoms with E-state index in [0.717, 1.165) is 11.1 Å². The number of rotatable bonds is 2. The highest BCUT2D eigenvalue weighted by molar-refractivity contribution is 7.07. The third-order valence-corrected chi connectivity index (χ3v) is 4.36. The van der Waals surface area contributed by atoms with E-state index in [2.05, 4.69) is 11.1 Å². The summed E-state index contributed by atoms with van der Waals surface area (Å²) in [4.78, 5) is 26.8. The fraction of sp³-hybridized carbons (Fsp3) is 0.333. The van der Waals surface area contributed by atoms with E-state index in [9.17, 15) is 9.59 Å². The molecule has 2 aromatic rings. The van der Waals surface area contributed by atoms with Gasteiger partial charge in [0.25, 0.3) is 5.56 Å². The van der Waals surface area contributed by atoms with Crippen molar-refractivity contribution in [3.8, 4) is 0 Å². The molecular weight excluding hydrogens is 294 g/mol. The third kappa shape index (κ3) is 3.83. The molecule has 2 rings (SSSR count). The topological polar surface area (TPSA) is 49.9 Å². The number of Topliss-reactive ketones (excluding diaryl/α,β-unsaturated/α-hetero) is 1. The van der Waals surface area contributed by atoms with E-state index in [1.807, 2.05) is 52.8 Å². The molecule has 0 saturated heterocycles. The minimum atomic E-state index is -0.446. The number of H-pyrrole nitrogens is 1. The number of ketones is 1. The molecule has 3 nitrogen and oxygen atoms in total. The zero-order valence-corrected chi connectivity index (χ0v) is 14.4. The largest absolute Gasteiger partial charge is 0.313 e. The molecule has 4 heteroatoms. The summed E-state index contributed by atoms with van der Waals surface area (Å²) in [5.74, 6) is 0.00284. The Kier molecular flexibility index (Phi) is 4.52. The second kappa shape index (κ2) is 6.05. The number of hydrogen-bond donors (Lipinski definition) is 1. The number of nitrogens with one attached hydrogen (secondary N) is 1. The first-order valence-corrected chi connectivity index (χ1v) is 8.03. The van der Waals surface area contributed by atoms with Gasteiger partial charge in [-0.05, 0) is 31.1 Å². The SMILES string of the molecule is Cc1ccc(/C=c2\s/c(=C\C(=O)C(C)(C)C)[nH]c2=O)c(C)c1. The number of aryl methyl sites for hydroxylation is 2. The van der Waals surface area contributed by atoms with Gasteiger partial charge in [-0.2, -0.15) is 0 Å². The van der Waals surface area contributed by atoms with Crippen LogP contribution in [0.3, 0.4) is 0 Å². The van der Waals surface area contributed by atoms with Crippen molar-refractivity contribution in [3.05, 3.63) is 54.4 Å². The lowest BCUT2D eigenvalue weighted by Crippen LogP contribution is -2.22. The Labute approximate surface area is 134 Å². The van der Waals surface area contributed by atoms with Gasteiger partial charge < -0.3 is 4.98 Å². The molecule has 0 bridgehead atoms. The molecule has 1 heterocycles. The van der Waals surface area contributed by atoms with Gasteiger partial charge in [-0.1, -0.05) is 44.5 Å². The van der Waals surface area contributed by atoms with Gasteiger partial charge in [-0.25, -0.2) is 0 Å². The van der Waals surface area contributed by atoms with Crippen molar-refractivity contribution in [2.24, 2.45) is 5.41 Å². The van der Waals surface area contributed by atoms with Gasteiger partial charge >= 0.3 is 0 Å². The molecule has 0 aliphatic heterocycles. The zero-order valence-electron chi connectivity index (χ0n) is 13.6. The van der Waals surface area contributed by atoms with Crippen LogP contribution in [0.25, 0.3) is 12.2 Å². The monoisotopic (exact) mass is 315 g/mol. The highest BCUT2D eigenvalue weighted by atomic mass is 32.1. The number of carbonyl (C=O) groups is 1. The van der Waals surface area contributed by atoms with Crippen molar-refractivity contribution < 1.29 is 4.79 Å². The summed E-state index contributed by atoms with van der Waals surface area (Å²) in [5.41, 5.74) is 2.74. The lowest BCUT2D eigenvalue weighted by molar-refractivity contribution is -0.119. The number of aromatic nitrogens is 1. The molecule has 22 heavy (non-hydrogen) atoms. The molecule has 0 spiro atoms. The number of carbonyl (C=O) groups excluding carboxylic acids is 1. The molecule has 1 aromatic heterocycles. The number of benzene rings is 1. The Morgan fingerprint density at radius 1 is 1.23 bits per heavy atom. The Morgan fingerprint density at radius 2 is 1.91 bits per heavy atom. The molecule has 0 saturated carbocycles. The standard InChI is InChI=1S/C18H21NO2S/c1-11-6-7-13(12(2)8-11)9-14-17(21)19-16(22-14)10-15(20)18(3,4)5/h6-10H,1-5H3,(H,19,21)/b14-9-,16-10-. The molecule has 0 aliphatic rings. The number of thiazole rings is 1. The maximum Gasteiger partial charge on any atom is 0.266 e. The van der Waals surface area contributed by atoms with Crippen molar-refractivity contribution in [1.82, 2.24) is 4.98 Å². The first-order valence-electron chi connectivity index (χ1n) is 7.21. The van der Waals surface area contributed by atoms with Crippen LogP contribution in [0.5, 0.6) is 0 Å². The quantitative estimate of drug-likeness (QED) is 0.924. The van der Waals surface area contributed by atoms with Gasteiger partial charge in [-0.3, -0.25) is 9.59 Å². The van der Waals surface area contributed by atoms with Crippen LogP contribution in [0, 0.1) is 19.3 Å². The molecule has 1 N–H and O–H groups in total. The van der Waals surface area contributed by atoms with Crippen LogP contribution in [-0.2, 0) is 4.79 Å². The zero-order chi connectivity index (χ0) is 16.5. The first-order chi connectivity index (χ1) is 10.2. The average molecular weight is 315 g/mol. The van der Waals surface area contributed by atoms with Crippen LogP contribution in [0.2, 0.25) is 0 Å². The Hall–Kier alpha value is -1.94. The van der Waals surface area contributed by atoms with Crippen LogP contribution < -0.4 is 14.8 Å². The summed E-state index contributed by atoms with van der Waals surface area (Å²) in [6.45, 7) is 9.65. The van der Waals surface area contributed by atoms with E-state index >= 15 is 0 Å². The van der Waals surface area contributed by atoms with E-state index < -0.39 is 5.41 Å². The summed E-state index contributed by atoms with van der Waals surface area (Å²) in [7, 11) is 0. The molecule has 0 unspecified atom stereocenters. The average Bonchev–Trinajstić information content (AvgIpc) is 2.72. The van der Waals surface area contributed by atoms with Crippen LogP contribution >= 0.6 is 11.3 Å². The highest BCUT2D eigenvalue weighted by Crippen LogP contribution is 2.14. The Morgan fingerprint density at radius 3 is 2.50 bits per heavy atom. The van der Waals surface area contributed by atoms with Crippen LogP contribution in [0.1, 0.15) is 37.5 Å². The Balaban J connectivity index is 2.51. The van der Waals surface area contributed by atoms with Gasteiger partial charge in [-0.15, -0.1) is 11.3 Å². The molecule has 0 radical (unpaired) electrons. The van der Waals surface area contributed by atoms with E-state index in [4.69, 9.17) is 0 Å². The predicted octanol–water partition coefficient (Wildman–Crippen LogP) is 2.28. The van der Waals surface area contributed by atoms with Gasteiger partial charge in [0, 0.05) is 11.5 Å². The summed E-state index contributed by atoms with van der Waals surface area (Å²) in [5, 5.41) is 0. The van der Waals surface area contributed by atoms with Gasteiger partial charge in [0.1, 0.15) is 0 Å². The summed E-state index contributed by atoms with van der Waals surface area (Å²) >= 11 is 1.31. The smallest absolute Gasteiger partial charge is 0.266 e. The van der Waals surface area contributed by atoms with E-state index in [1.54, 1.807) is 0 Å². The molecule has 116 valence electrons. The summed E-state index contributed by atoms with van der Waals surface area (Å²) in [6.07, 6.45) is 3.39. The molecule has 0 fully saturated rings. The fourth-order valence-electron chi connectivity index (χ4n) is 1.99. The fourth-order valence-corrected chi connectivity index (χ4v) is 2.86. The summed E-state index contributed by atoms with van der Waals surface area (Å²) < 4.78 is 1.21. The molecule has 1 aromatic carbocycles. The van der Waals surface area contributed by atoms with Crippen molar-refractivity contribution in [2.45, 2.75) is 34.6 Å². The first kappa shape index (κ1) is 16.4. The Bertz CT molecular complexity index is 879. The van der Waals surface area contributed by atoms with Gasteiger partial charge in [0.05, 0.1) is 9.20 Å². The molecule has 0 aliphatic carbocycles. The number of aromatic amines is 1. The van der Waals surface area contributed by atoms with E-state index in [-0.39, 0.29) is 11.3 Å². The van der Waals surface area contributed by atoms with Crippen molar-refractivity contribution in [3.63, 3.8) is 0 Å². The second-order valence-corrected chi connectivity index (χ2v) is 7.63. The lowest BCUT2D eigenvalue weighted by atomic mass is 9.91. The maximum atomic E-state index is 12.0. The molecular formula is C18H21NO2S. The summed E-state index contributed by atoms with van der Waals surface area (Å²) in [6, 6.07) is 6.12. The van der Waals surface area contributed by atoms with Crippen LogP contribution in [-0.4, -0.2) is 10.8 Å². The van der Waals surface area contributed by atoms with E-state index in [1.165, 1.54) is 23.0 Å². The molecule has 0 amide bonds. The third-order valence-electron chi connectivity index (χ3n) is 3.39.